The van der Waals surface area contributed by atoms with Crippen LogP contribution in [0.1, 0.15) is 0 Å². The van der Waals surface area contributed by atoms with Crippen molar-refractivity contribution in [2.45, 2.75) is 0 Å². The molecule has 0 rings (SSSR count). The monoisotopic (exact) mass is 212 g/mol. The van der Waals surface area contributed by atoms with Crippen molar-refractivity contribution in [3.63, 3.8) is 0 Å². The molecule has 13 heavy (non-hydrogen) atoms. The topological polar surface area (TPSA) is 74.6 Å². The molecule has 72 valence electrons. The second-order valence-electron chi connectivity index (χ2n) is 0.899. The zero-order valence-corrected chi connectivity index (χ0v) is 7.43. The van der Waals surface area contributed by atoms with Crippen molar-refractivity contribution < 1.29 is 49.3 Å². The normalized spacial score (nSPS) is 7.08. The number of terminal acetylenes is 1. The molecular weight excluding hydrogens is 207 g/mol. The Morgan fingerprint density at radius 3 is 1.31 bits per heavy atom. The maximum Gasteiger partial charge on any atom is 1.00 e. The van der Waals surface area contributed by atoms with Gasteiger partial charge in [-0.15, -0.1) is 0 Å². The van der Waals surface area contributed by atoms with Crippen LogP contribution in [0.3, 0.4) is 0 Å². The van der Waals surface area contributed by atoms with E-state index in [1.807, 2.05) is 5.92 Å². The van der Waals surface area contributed by atoms with Crippen LogP contribution in [0.5, 0.6) is 0 Å². The molecule has 0 aliphatic heterocycles. The van der Waals surface area contributed by atoms with E-state index in [0.29, 0.717) is 0 Å². The first-order valence-electron chi connectivity index (χ1n) is 2.00. The van der Waals surface area contributed by atoms with Gasteiger partial charge in [0, 0.05) is 0 Å². The maximum absolute atomic E-state index is 9.67. The number of rotatable bonds is 0. The van der Waals surface area contributed by atoms with E-state index < -0.39 is 17.9 Å². The molecule has 0 aromatic rings. The zero-order chi connectivity index (χ0) is 10.8. The summed E-state index contributed by atoms with van der Waals surface area (Å²) in [4.78, 5) is 0. The van der Waals surface area contributed by atoms with Gasteiger partial charge >= 0.3 is 36.8 Å². The van der Waals surface area contributed by atoms with Gasteiger partial charge in [-0.2, -0.15) is 15.3 Å². The van der Waals surface area contributed by atoms with Gasteiger partial charge < -0.3 is 12.3 Å². The van der Waals surface area contributed by atoms with Crippen LogP contribution in [0, 0.1) is 19.3 Å². The van der Waals surface area contributed by atoms with Crippen LogP contribution in [-0.2, 0) is 10.4 Å². The summed E-state index contributed by atoms with van der Waals surface area (Å²) >= 11 is 0. The van der Waals surface area contributed by atoms with Crippen molar-refractivity contribution in [3.8, 4) is 12.3 Å². The molecule has 0 spiro atoms. The van der Waals surface area contributed by atoms with E-state index in [-0.39, 0.29) is 18.9 Å². The Hall–Kier alpha value is -0.248. The summed E-state index contributed by atoms with van der Waals surface area (Å²) in [7, 11) is -8.33. The molecule has 0 atom stereocenters. The minimum absolute atomic E-state index is 0. The average Bonchev–Trinajstić information content (AvgIpc) is 1.56. The van der Waals surface area contributed by atoms with Gasteiger partial charge in [0.2, 0.25) is 0 Å². The number of hydrogen-bond donors (Lipinski definition) is 2. The molecule has 2 N–H and O–H groups in total. The van der Waals surface area contributed by atoms with E-state index in [1.54, 1.807) is 0 Å². The molecule has 4 nitrogen and oxygen atoms in total. The van der Waals surface area contributed by atoms with E-state index in [0.717, 1.165) is 0 Å². The SMILES string of the molecule is C#C[CH2-].FB(F)F.O=S(=O)(O)O.[Li+]. The largest absolute Gasteiger partial charge is 1.00 e. The molecule has 0 aromatic heterocycles. The van der Waals surface area contributed by atoms with Crippen molar-refractivity contribution in [2.75, 3.05) is 0 Å². The smallest absolute Gasteiger partial charge is 0.345 e. The average molecular weight is 212 g/mol. The Labute approximate surface area is 86.9 Å². The van der Waals surface area contributed by atoms with Crippen LogP contribution in [0.2, 0.25) is 0 Å². The van der Waals surface area contributed by atoms with Gasteiger partial charge in [0.1, 0.15) is 0 Å². The standard InChI is InChI=1S/C3H3.BF3.Li.H2O4S/c1-3-2;2-1(3)4;;1-5(2,3)4/h1H,2H2;;;(H2,1,2,3,4)/q-1;;+1;. The molecule has 0 amide bonds. The molecule has 0 saturated heterocycles. The van der Waals surface area contributed by atoms with E-state index in [4.69, 9.17) is 17.5 Å². The molecule has 0 fully saturated rings. The van der Waals surface area contributed by atoms with Crippen LogP contribution in [0.25, 0.3) is 0 Å². The van der Waals surface area contributed by atoms with Crippen molar-refractivity contribution in [1.29, 1.82) is 0 Å². The molecular formula is C3H5BF3LiO4S. The van der Waals surface area contributed by atoms with Gasteiger partial charge in [-0.25, -0.2) is 0 Å². The Morgan fingerprint density at radius 2 is 1.31 bits per heavy atom. The third-order valence-corrected chi connectivity index (χ3v) is 0. The second-order valence-corrected chi connectivity index (χ2v) is 1.80. The first kappa shape index (κ1) is 23.0. The molecule has 0 saturated carbocycles. The minimum Gasteiger partial charge on any atom is -0.345 e. The Morgan fingerprint density at radius 1 is 1.31 bits per heavy atom. The van der Waals surface area contributed by atoms with Crippen molar-refractivity contribution in [3.05, 3.63) is 6.92 Å². The van der Waals surface area contributed by atoms with Crippen molar-refractivity contribution in [1.82, 2.24) is 0 Å². The number of hydrogen-bond acceptors (Lipinski definition) is 2. The van der Waals surface area contributed by atoms with E-state index in [2.05, 4.69) is 13.3 Å². The van der Waals surface area contributed by atoms with E-state index in [1.165, 1.54) is 0 Å². The van der Waals surface area contributed by atoms with Crippen molar-refractivity contribution >= 4 is 17.9 Å². The summed E-state index contributed by atoms with van der Waals surface area (Å²) in [5.74, 6) is 2.00. The first-order chi connectivity index (χ1) is 5.15. The van der Waals surface area contributed by atoms with Crippen LogP contribution in [0.4, 0.5) is 12.9 Å². The van der Waals surface area contributed by atoms with Crippen molar-refractivity contribution in [2.24, 2.45) is 0 Å². The third-order valence-electron chi connectivity index (χ3n) is 0. The van der Waals surface area contributed by atoms with Gasteiger partial charge in [-0.05, 0) is 0 Å². The quantitative estimate of drug-likeness (QED) is 0.204. The Balaban J connectivity index is -0.0000000465. The Bertz CT molecular complexity index is 202. The summed E-state index contributed by atoms with van der Waals surface area (Å²) in [6.45, 7) is 3.01. The molecule has 10 heteroatoms. The second kappa shape index (κ2) is 14.3. The van der Waals surface area contributed by atoms with Crippen LogP contribution in [-0.4, -0.2) is 25.1 Å². The van der Waals surface area contributed by atoms with Crippen LogP contribution >= 0.6 is 0 Å². The molecule has 0 aromatic carbocycles. The third kappa shape index (κ3) is 18200. The van der Waals surface area contributed by atoms with E-state index >= 15 is 0 Å². The maximum atomic E-state index is 9.67. The van der Waals surface area contributed by atoms with Gasteiger partial charge in [0.15, 0.2) is 0 Å². The number of halogens is 3. The predicted molar refractivity (Wildman–Crippen MR) is 37.4 cm³/mol. The predicted octanol–water partition coefficient (Wildman–Crippen LogP) is -2.32. The summed E-state index contributed by atoms with van der Waals surface area (Å²) in [5, 5.41) is 0. The molecule has 0 unspecified atom stereocenters. The fourth-order valence-corrected chi connectivity index (χ4v) is 0. The van der Waals surface area contributed by atoms with Gasteiger partial charge in [-0.1, -0.05) is 0 Å². The summed E-state index contributed by atoms with van der Waals surface area (Å²) in [6, 6.07) is 0. The fourth-order valence-electron chi connectivity index (χ4n) is 0. The fraction of sp³-hybridized carbons (Fsp3) is 0. The van der Waals surface area contributed by atoms with Crippen LogP contribution in [0.15, 0.2) is 0 Å². The minimum atomic E-state index is -4.67. The first-order valence-corrected chi connectivity index (χ1v) is 3.39. The van der Waals surface area contributed by atoms with Gasteiger partial charge in [0.25, 0.3) is 0 Å². The van der Waals surface area contributed by atoms with E-state index in [9.17, 15) is 12.9 Å². The summed E-state index contributed by atoms with van der Waals surface area (Å²) in [5.41, 5.74) is 0. The van der Waals surface area contributed by atoms with Crippen LogP contribution < -0.4 is 18.9 Å². The summed E-state index contributed by atoms with van der Waals surface area (Å²) in [6.07, 6.45) is 4.49. The molecule has 0 aliphatic carbocycles. The van der Waals surface area contributed by atoms with Gasteiger partial charge in [-0.3, -0.25) is 22.1 Å². The zero-order valence-electron chi connectivity index (χ0n) is 6.61. The molecule has 0 heterocycles. The molecule has 0 bridgehead atoms. The Kier molecular flexibility index (Phi) is 25.3. The molecule has 0 aliphatic rings. The molecule has 0 radical (unpaired) electrons. The summed E-state index contributed by atoms with van der Waals surface area (Å²) < 4.78 is 60.6. The van der Waals surface area contributed by atoms with Gasteiger partial charge in [0.05, 0.1) is 0 Å².